The van der Waals surface area contributed by atoms with Crippen molar-refractivity contribution in [2.75, 3.05) is 18.5 Å². The predicted molar refractivity (Wildman–Crippen MR) is 140 cm³/mol. The fourth-order valence-electron chi connectivity index (χ4n) is 3.66. The zero-order valence-electron chi connectivity index (χ0n) is 20.2. The lowest BCUT2D eigenvalue weighted by atomic mass is 10.0. The first-order valence-electron chi connectivity index (χ1n) is 11.7. The van der Waals surface area contributed by atoms with Crippen molar-refractivity contribution in [3.05, 3.63) is 108 Å². The summed E-state index contributed by atoms with van der Waals surface area (Å²) >= 11 is 0. The van der Waals surface area contributed by atoms with Crippen molar-refractivity contribution >= 4 is 29.3 Å². The molecule has 0 saturated heterocycles. The Morgan fingerprint density at radius 2 is 1.56 bits per heavy atom. The van der Waals surface area contributed by atoms with E-state index in [4.69, 9.17) is 9.47 Å². The minimum absolute atomic E-state index is 0.169. The van der Waals surface area contributed by atoms with Gasteiger partial charge in [0.2, 0.25) is 0 Å². The number of rotatable bonds is 9. The molecule has 0 atom stereocenters. The van der Waals surface area contributed by atoms with Gasteiger partial charge in [-0.25, -0.2) is 9.48 Å². The summed E-state index contributed by atoms with van der Waals surface area (Å²) < 4.78 is 12.2. The highest BCUT2D eigenvalue weighted by molar-refractivity contribution is 6.29. The summed E-state index contributed by atoms with van der Waals surface area (Å²) in [7, 11) is 0. The van der Waals surface area contributed by atoms with E-state index in [1.54, 1.807) is 13.0 Å². The van der Waals surface area contributed by atoms with Gasteiger partial charge in [-0.1, -0.05) is 60.7 Å². The zero-order chi connectivity index (χ0) is 25.3. The van der Waals surface area contributed by atoms with Crippen LogP contribution in [0.25, 0.3) is 17.3 Å². The Morgan fingerprint density at radius 3 is 2.19 bits per heavy atom. The second-order valence-electron chi connectivity index (χ2n) is 7.75. The van der Waals surface area contributed by atoms with Crippen LogP contribution in [0.2, 0.25) is 0 Å². The fourth-order valence-corrected chi connectivity index (χ4v) is 3.66. The van der Waals surface area contributed by atoms with Crippen LogP contribution in [0.1, 0.15) is 35.3 Å². The van der Waals surface area contributed by atoms with Crippen LogP contribution in [0, 0.1) is 0 Å². The van der Waals surface area contributed by atoms with Crippen molar-refractivity contribution in [1.29, 1.82) is 0 Å². The Bertz CT molecular complexity index is 1340. The Labute approximate surface area is 210 Å². The number of aromatic nitrogens is 2. The van der Waals surface area contributed by atoms with Crippen LogP contribution in [0.3, 0.4) is 0 Å². The van der Waals surface area contributed by atoms with Crippen LogP contribution in [-0.4, -0.2) is 34.9 Å². The third-order valence-corrected chi connectivity index (χ3v) is 5.33. The first-order valence-corrected chi connectivity index (χ1v) is 11.7. The predicted octanol–water partition coefficient (Wildman–Crippen LogP) is 5.63. The van der Waals surface area contributed by atoms with E-state index in [0.717, 1.165) is 16.9 Å². The second-order valence-corrected chi connectivity index (χ2v) is 7.75. The second kappa shape index (κ2) is 11.7. The standard InChI is InChI=1S/C29H27N3O4/c1-3-35-24-17-15-21(16-18-24)19-25(22-11-7-5-8-12-22)28(33)31-27-26(29(34)36-4-2)20-30-32(27)23-13-9-6-10-14-23/h5-20H,3-4H2,1-2H3,(H,31,33)/b25-19+. The number of esters is 1. The van der Waals surface area contributed by atoms with Crippen molar-refractivity contribution in [3.8, 4) is 11.4 Å². The van der Waals surface area contributed by atoms with E-state index in [1.165, 1.54) is 10.9 Å². The minimum atomic E-state index is -0.563. The number of para-hydroxylation sites is 1. The van der Waals surface area contributed by atoms with Crippen LogP contribution in [-0.2, 0) is 9.53 Å². The van der Waals surface area contributed by atoms with Crippen molar-refractivity contribution in [3.63, 3.8) is 0 Å². The van der Waals surface area contributed by atoms with Crippen molar-refractivity contribution in [2.24, 2.45) is 0 Å². The molecular weight excluding hydrogens is 454 g/mol. The lowest BCUT2D eigenvalue weighted by Crippen LogP contribution is -2.19. The van der Waals surface area contributed by atoms with Gasteiger partial charge in [0.25, 0.3) is 5.91 Å². The molecule has 1 amide bonds. The summed E-state index contributed by atoms with van der Waals surface area (Å²) in [5, 5.41) is 7.27. The maximum absolute atomic E-state index is 13.7. The number of amides is 1. The van der Waals surface area contributed by atoms with Gasteiger partial charge in [-0.15, -0.1) is 0 Å². The van der Waals surface area contributed by atoms with E-state index in [9.17, 15) is 9.59 Å². The molecule has 0 radical (unpaired) electrons. The summed E-state index contributed by atoms with van der Waals surface area (Å²) in [6.07, 6.45) is 3.20. The molecule has 3 aromatic carbocycles. The number of ether oxygens (including phenoxy) is 2. The molecule has 182 valence electrons. The summed E-state index contributed by atoms with van der Waals surface area (Å²) in [6, 6.07) is 26.1. The average Bonchev–Trinajstić information content (AvgIpc) is 3.33. The minimum Gasteiger partial charge on any atom is -0.494 e. The van der Waals surface area contributed by atoms with E-state index in [-0.39, 0.29) is 18.0 Å². The Kier molecular flexibility index (Phi) is 7.93. The molecule has 0 bridgehead atoms. The first kappa shape index (κ1) is 24.5. The van der Waals surface area contributed by atoms with Crippen molar-refractivity contribution in [2.45, 2.75) is 13.8 Å². The Morgan fingerprint density at radius 1 is 0.889 bits per heavy atom. The lowest BCUT2D eigenvalue weighted by molar-refractivity contribution is -0.111. The molecule has 1 heterocycles. The maximum Gasteiger partial charge on any atom is 0.343 e. The SMILES string of the molecule is CCOC(=O)c1cnn(-c2ccccc2)c1NC(=O)/C(=C/c1ccc(OCC)cc1)c1ccccc1. The van der Waals surface area contributed by atoms with E-state index >= 15 is 0 Å². The Balaban J connectivity index is 1.75. The fraction of sp³-hybridized carbons (Fsp3) is 0.138. The van der Waals surface area contributed by atoms with Crippen LogP contribution < -0.4 is 10.1 Å². The van der Waals surface area contributed by atoms with Gasteiger partial charge in [0.15, 0.2) is 5.82 Å². The number of carbonyl (C=O) groups excluding carboxylic acids is 2. The first-order chi connectivity index (χ1) is 17.6. The maximum atomic E-state index is 13.7. The van der Waals surface area contributed by atoms with Crippen molar-refractivity contribution in [1.82, 2.24) is 9.78 Å². The number of nitrogens with zero attached hydrogens (tertiary/aromatic N) is 2. The average molecular weight is 482 g/mol. The van der Waals surface area contributed by atoms with Gasteiger partial charge in [0.1, 0.15) is 11.3 Å². The summed E-state index contributed by atoms with van der Waals surface area (Å²) in [5.74, 6) is 0.0365. The molecule has 1 aromatic heterocycles. The van der Waals surface area contributed by atoms with Crippen molar-refractivity contribution < 1.29 is 19.1 Å². The molecule has 7 heteroatoms. The summed E-state index contributed by atoms with van der Waals surface area (Å²) in [4.78, 5) is 26.4. The van der Waals surface area contributed by atoms with Gasteiger partial charge in [0, 0.05) is 5.57 Å². The smallest absolute Gasteiger partial charge is 0.343 e. The van der Waals surface area contributed by atoms with Crippen LogP contribution in [0.5, 0.6) is 5.75 Å². The van der Waals surface area contributed by atoms with Crippen LogP contribution >= 0.6 is 0 Å². The van der Waals surface area contributed by atoms with Gasteiger partial charge in [0.05, 0.1) is 25.1 Å². The van der Waals surface area contributed by atoms with E-state index < -0.39 is 11.9 Å². The van der Waals surface area contributed by atoms with E-state index in [2.05, 4.69) is 10.4 Å². The summed E-state index contributed by atoms with van der Waals surface area (Å²) in [5.41, 5.74) is 2.85. The Hall–Kier alpha value is -4.65. The van der Waals surface area contributed by atoms with Gasteiger partial charge in [-0.05, 0) is 55.3 Å². The quantitative estimate of drug-likeness (QED) is 0.190. The van der Waals surface area contributed by atoms with Gasteiger partial charge < -0.3 is 14.8 Å². The number of anilines is 1. The number of hydrogen-bond donors (Lipinski definition) is 1. The molecule has 0 aliphatic rings. The van der Waals surface area contributed by atoms with Crippen LogP contribution in [0.15, 0.2) is 91.1 Å². The molecule has 0 aliphatic carbocycles. The topological polar surface area (TPSA) is 82.5 Å². The molecular formula is C29H27N3O4. The third-order valence-electron chi connectivity index (χ3n) is 5.33. The molecule has 0 unspecified atom stereocenters. The highest BCUT2D eigenvalue weighted by atomic mass is 16.5. The molecule has 0 spiro atoms. The molecule has 36 heavy (non-hydrogen) atoms. The molecule has 4 rings (SSSR count). The third kappa shape index (κ3) is 5.70. The van der Waals surface area contributed by atoms with E-state index in [1.807, 2.05) is 91.9 Å². The molecule has 1 N–H and O–H groups in total. The van der Waals surface area contributed by atoms with Crippen LogP contribution in [0.4, 0.5) is 5.82 Å². The lowest BCUT2D eigenvalue weighted by Gasteiger charge is -2.13. The molecule has 0 saturated carbocycles. The largest absolute Gasteiger partial charge is 0.494 e. The monoisotopic (exact) mass is 481 g/mol. The highest BCUT2D eigenvalue weighted by Crippen LogP contribution is 2.26. The zero-order valence-corrected chi connectivity index (χ0v) is 20.2. The molecule has 0 fully saturated rings. The van der Waals surface area contributed by atoms with E-state index in [0.29, 0.717) is 17.9 Å². The summed E-state index contributed by atoms with van der Waals surface area (Å²) in [6.45, 7) is 4.43. The number of carbonyl (C=O) groups is 2. The number of hydrogen-bond acceptors (Lipinski definition) is 5. The normalized spacial score (nSPS) is 11.1. The number of benzene rings is 3. The highest BCUT2D eigenvalue weighted by Gasteiger charge is 2.23. The number of nitrogens with one attached hydrogen (secondary N) is 1. The van der Waals surface area contributed by atoms with Gasteiger partial charge in [-0.2, -0.15) is 5.10 Å². The van der Waals surface area contributed by atoms with Gasteiger partial charge >= 0.3 is 5.97 Å². The molecule has 7 nitrogen and oxygen atoms in total. The van der Waals surface area contributed by atoms with Gasteiger partial charge in [-0.3, -0.25) is 4.79 Å². The molecule has 4 aromatic rings. The molecule has 0 aliphatic heterocycles.